The molecule has 0 bridgehead atoms. The van der Waals surface area contributed by atoms with Crippen molar-refractivity contribution in [1.29, 1.82) is 5.26 Å². The lowest BCUT2D eigenvalue weighted by atomic mass is 10.0. The maximum absolute atomic E-state index is 14.0. The number of amides is 1. The van der Waals surface area contributed by atoms with Gasteiger partial charge < -0.3 is 4.90 Å². The topological polar surface area (TPSA) is 47.3 Å². The summed E-state index contributed by atoms with van der Waals surface area (Å²) >= 11 is 0. The standard InChI is InChI=1S/C20H17F4N3O/c21-17-4-2-1-3-16(17)18(13-25)26-9-11-27(12-10-26)19(28)14-5-7-15(8-6-14)20(22,23)24/h1-8,18H,9-12H2. The highest BCUT2D eigenvalue weighted by atomic mass is 19.4. The second-order valence-electron chi connectivity index (χ2n) is 6.46. The molecule has 1 fully saturated rings. The van der Waals surface area contributed by atoms with Gasteiger partial charge in [-0.15, -0.1) is 0 Å². The number of hydrogen-bond acceptors (Lipinski definition) is 3. The first-order valence-electron chi connectivity index (χ1n) is 8.66. The smallest absolute Gasteiger partial charge is 0.336 e. The van der Waals surface area contributed by atoms with Crippen LogP contribution in [-0.4, -0.2) is 41.9 Å². The number of carbonyl (C=O) groups excluding carboxylic acids is 1. The first-order chi connectivity index (χ1) is 13.3. The van der Waals surface area contributed by atoms with E-state index in [0.29, 0.717) is 26.2 Å². The summed E-state index contributed by atoms with van der Waals surface area (Å²) in [6, 6.07) is 11.5. The number of carbonyl (C=O) groups is 1. The molecule has 2 aromatic carbocycles. The van der Waals surface area contributed by atoms with Gasteiger partial charge in [0.1, 0.15) is 11.9 Å². The molecule has 1 amide bonds. The lowest BCUT2D eigenvalue weighted by Gasteiger charge is -2.37. The Morgan fingerprint density at radius 3 is 2.14 bits per heavy atom. The van der Waals surface area contributed by atoms with Gasteiger partial charge >= 0.3 is 6.18 Å². The molecular formula is C20H17F4N3O. The number of halogens is 4. The molecule has 3 rings (SSSR count). The summed E-state index contributed by atoms with van der Waals surface area (Å²) in [4.78, 5) is 15.8. The van der Waals surface area contributed by atoms with E-state index in [-0.39, 0.29) is 17.0 Å². The minimum atomic E-state index is -4.45. The number of benzene rings is 2. The monoisotopic (exact) mass is 391 g/mol. The molecular weight excluding hydrogens is 374 g/mol. The zero-order valence-corrected chi connectivity index (χ0v) is 14.8. The van der Waals surface area contributed by atoms with Crippen molar-refractivity contribution in [2.75, 3.05) is 26.2 Å². The van der Waals surface area contributed by atoms with Crippen molar-refractivity contribution in [3.8, 4) is 6.07 Å². The third-order valence-corrected chi connectivity index (χ3v) is 4.75. The van der Waals surface area contributed by atoms with E-state index in [1.807, 2.05) is 0 Å². The van der Waals surface area contributed by atoms with E-state index in [4.69, 9.17) is 0 Å². The van der Waals surface area contributed by atoms with Crippen LogP contribution in [0, 0.1) is 17.1 Å². The van der Waals surface area contributed by atoms with Crippen LogP contribution in [0.4, 0.5) is 17.6 Å². The summed E-state index contributed by atoms with van der Waals surface area (Å²) in [6.45, 7) is 1.32. The third-order valence-electron chi connectivity index (χ3n) is 4.75. The molecule has 1 unspecified atom stereocenters. The van der Waals surface area contributed by atoms with E-state index >= 15 is 0 Å². The summed E-state index contributed by atoms with van der Waals surface area (Å²) in [6.07, 6.45) is -4.45. The number of nitriles is 1. The van der Waals surface area contributed by atoms with Crippen LogP contribution >= 0.6 is 0 Å². The van der Waals surface area contributed by atoms with E-state index in [1.54, 1.807) is 23.1 Å². The minimum absolute atomic E-state index is 0.174. The van der Waals surface area contributed by atoms with Crippen LogP contribution in [0.2, 0.25) is 0 Å². The number of alkyl halides is 3. The molecule has 28 heavy (non-hydrogen) atoms. The maximum Gasteiger partial charge on any atom is 0.416 e. The van der Waals surface area contributed by atoms with Crippen molar-refractivity contribution in [1.82, 2.24) is 9.80 Å². The van der Waals surface area contributed by atoms with Gasteiger partial charge in [-0.25, -0.2) is 4.39 Å². The lowest BCUT2D eigenvalue weighted by molar-refractivity contribution is -0.137. The average Bonchev–Trinajstić information content (AvgIpc) is 2.69. The molecule has 0 spiro atoms. The van der Waals surface area contributed by atoms with Crippen molar-refractivity contribution in [3.63, 3.8) is 0 Å². The molecule has 2 aromatic rings. The predicted octanol–water partition coefficient (Wildman–Crippen LogP) is 3.87. The number of nitrogens with zero attached hydrogens (tertiary/aromatic N) is 3. The Balaban J connectivity index is 1.65. The van der Waals surface area contributed by atoms with E-state index in [1.165, 1.54) is 11.0 Å². The molecule has 4 nitrogen and oxygen atoms in total. The van der Waals surface area contributed by atoms with Crippen molar-refractivity contribution >= 4 is 5.91 Å². The van der Waals surface area contributed by atoms with Crippen LogP contribution in [0.25, 0.3) is 0 Å². The summed E-state index contributed by atoms with van der Waals surface area (Å²) in [5, 5.41) is 9.47. The van der Waals surface area contributed by atoms with Crippen LogP contribution in [0.3, 0.4) is 0 Å². The minimum Gasteiger partial charge on any atom is -0.336 e. The number of hydrogen-bond donors (Lipinski definition) is 0. The first kappa shape index (κ1) is 19.8. The third kappa shape index (κ3) is 4.15. The highest BCUT2D eigenvalue weighted by molar-refractivity contribution is 5.94. The molecule has 0 radical (unpaired) electrons. The van der Waals surface area contributed by atoms with Gasteiger partial charge in [-0.2, -0.15) is 18.4 Å². The molecule has 0 aromatic heterocycles. The largest absolute Gasteiger partial charge is 0.416 e. The Kier molecular flexibility index (Phi) is 5.66. The molecule has 0 aliphatic carbocycles. The average molecular weight is 391 g/mol. The number of rotatable bonds is 3. The maximum atomic E-state index is 14.0. The highest BCUT2D eigenvalue weighted by Gasteiger charge is 2.31. The highest BCUT2D eigenvalue weighted by Crippen LogP contribution is 2.29. The van der Waals surface area contributed by atoms with E-state index in [2.05, 4.69) is 6.07 Å². The van der Waals surface area contributed by atoms with Crippen LogP contribution in [0.1, 0.15) is 27.5 Å². The fourth-order valence-corrected chi connectivity index (χ4v) is 3.21. The molecule has 0 saturated carbocycles. The fraction of sp³-hybridized carbons (Fsp3) is 0.300. The normalized spacial score (nSPS) is 16.5. The van der Waals surface area contributed by atoms with Crippen molar-refractivity contribution in [3.05, 3.63) is 71.0 Å². The quantitative estimate of drug-likeness (QED) is 0.747. The fourth-order valence-electron chi connectivity index (χ4n) is 3.21. The Morgan fingerprint density at radius 2 is 1.61 bits per heavy atom. The Bertz CT molecular complexity index is 882. The molecule has 1 heterocycles. The second-order valence-corrected chi connectivity index (χ2v) is 6.46. The molecule has 1 aliphatic heterocycles. The van der Waals surface area contributed by atoms with Crippen LogP contribution in [0.15, 0.2) is 48.5 Å². The number of piperazine rings is 1. The molecule has 8 heteroatoms. The van der Waals surface area contributed by atoms with Gasteiger partial charge in [0.25, 0.3) is 5.91 Å². The lowest BCUT2D eigenvalue weighted by Crippen LogP contribution is -2.49. The summed E-state index contributed by atoms with van der Waals surface area (Å²) < 4.78 is 51.9. The summed E-state index contributed by atoms with van der Waals surface area (Å²) in [5.41, 5.74) is -0.351. The van der Waals surface area contributed by atoms with Gasteiger partial charge in [-0.1, -0.05) is 18.2 Å². The Labute approximate surface area is 159 Å². The molecule has 1 saturated heterocycles. The van der Waals surface area contributed by atoms with Crippen molar-refractivity contribution in [2.24, 2.45) is 0 Å². The van der Waals surface area contributed by atoms with Gasteiger partial charge in [0.2, 0.25) is 0 Å². The summed E-state index contributed by atoms with van der Waals surface area (Å²) in [5.74, 6) is -0.829. The van der Waals surface area contributed by atoms with Gasteiger partial charge in [0, 0.05) is 37.3 Å². The SMILES string of the molecule is N#CC(c1ccccc1F)N1CCN(C(=O)c2ccc(C(F)(F)F)cc2)CC1. The molecule has 1 aliphatic rings. The molecule has 1 atom stereocenters. The first-order valence-corrected chi connectivity index (χ1v) is 8.66. The zero-order chi connectivity index (χ0) is 20.3. The van der Waals surface area contributed by atoms with E-state index < -0.39 is 23.6 Å². The van der Waals surface area contributed by atoms with Crippen LogP contribution < -0.4 is 0 Å². The second kappa shape index (κ2) is 7.98. The van der Waals surface area contributed by atoms with E-state index in [9.17, 15) is 27.6 Å². The van der Waals surface area contributed by atoms with Crippen molar-refractivity contribution in [2.45, 2.75) is 12.2 Å². The predicted molar refractivity (Wildman–Crippen MR) is 93.7 cm³/mol. The molecule has 0 N–H and O–H groups in total. The summed E-state index contributed by atoms with van der Waals surface area (Å²) in [7, 11) is 0. The van der Waals surface area contributed by atoms with Gasteiger partial charge in [0.05, 0.1) is 11.6 Å². The zero-order valence-electron chi connectivity index (χ0n) is 14.8. The van der Waals surface area contributed by atoms with Gasteiger partial charge in [-0.05, 0) is 30.3 Å². The molecule has 146 valence electrons. The van der Waals surface area contributed by atoms with Gasteiger partial charge in [-0.3, -0.25) is 9.69 Å². The van der Waals surface area contributed by atoms with Crippen molar-refractivity contribution < 1.29 is 22.4 Å². The Morgan fingerprint density at radius 1 is 1.00 bits per heavy atom. The Hall–Kier alpha value is -2.92. The van der Waals surface area contributed by atoms with Crippen LogP contribution in [-0.2, 0) is 6.18 Å². The van der Waals surface area contributed by atoms with E-state index in [0.717, 1.165) is 24.3 Å². The van der Waals surface area contributed by atoms with Gasteiger partial charge in [0.15, 0.2) is 0 Å². The van der Waals surface area contributed by atoms with Crippen LogP contribution in [0.5, 0.6) is 0 Å².